The van der Waals surface area contributed by atoms with Crippen molar-refractivity contribution in [1.29, 1.82) is 0 Å². The predicted molar refractivity (Wildman–Crippen MR) is 96.0 cm³/mol. The van der Waals surface area contributed by atoms with Crippen molar-refractivity contribution in [3.05, 3.63) is 35.5 Å². The minimum absolute atomic E-state index is 0.0717. The van der Waals surface area contributed by atoms with Gasteiger partial charge < -0.3 is 15.4 Å². The van der Waals surface area contributed by atoms with Crippen molar-refractivity contribution >= 4 is 16.8 Å². The molecule has 1 aromatic carbocycles. The largest absolute Gasteiger partial charge is 0.393 e. The first-order valence-corrected chi connectivity index (χ1v) is 8.81. The van der Waals surface area contributed by atoms with Crippen molar-refractivity contribution in [1.82, 2.24) is 15.2 Å². The number of hydrogen-bond donors (Lipinski definition) is 3. The quantitative estimate of drug-likeness (QED) is 0.786. The number of aromatic nitrogens is 1. The van der Waals surface area contributed by atoms with E-state index in [4.69, 9.17) is 0 Å². The summed E-state index contributed by atoms with van der Waals surface area (Å²) in [6.45, 7) is 6.26. The summed E-state index contributed by atoms with van der Waals surface area (Å²) in [6.07, 6.45) is 4.16. The smallest absolute Gasteiger partial charge is 0.237 e. The number of H-pyrrole nitrogens is 1. The first kappa shape index (κ1) is 17.0. The molecule has 5 nitrogen and oxygen atoms in total. The van der Waals surface area contributed by atoms with Gasteiger partial charge in [-0.05, 0) is 50.8 Å². The van der Waals surface area contributed by atoms with Gasteiger partial charge in [0.15, 0.2) is 0 Å². The van der Waals surface area contributed by atoms with Crippen LogP contribution in [0.1, 0.15) is 30.9 Å². The van der Waals surface area contributed by atoms with Crippen LogP contribution in [-0.4, -0.2) is 52.7 Å². The number of amides is 1. The van der Waals surface area contributed by atoms with E-state index in [9.17, 15) is 9.90 Å². The molecule has 1 aliphatic heterocycles. The van der Waals surface area contributed by atoms with Crippen LogP contribution in [0.4, 0.5) is 0 Å². The Morgan fingerprint density at radius 1 is 1.42 bits per heavy atom. The van der Waals surface area contributed by atoms with Crippen LogP contribution in [0.25, 0.3) is 10.9 Å². The maximum Gasteiger partial charge on any atom is 0.237 e. The molecule has 3 rings (SSSR count). The fourth-order valence-corrected chi connectivity index (χ4v) is 3.41. The Hall–Kier alpha value is -1.85. The second kappa shape index (κ2) is 7.36. The minimum Gasteiger partial charge on any atom is -0.393 e. The number of aliphatic hydroxyl groups excluding tert-OH is 1. The lowest BCUT2D eigenvalue weighted by atomic mass is 10.1. The zero-order chi connectivity index (χ0) is 17.1. The molecule has 1 saturated heterocycles. The maximum atomic E-state index is 12.3. The van der Waals surface area contributed by atoms with E-state index in [-0.39, 0.29) is 18.1 Å². The zero-order valence-electron chi connectivity index (χ0n) is 14.5. The van der Waals surface area contributed by atoms with E-state index in [1.165, 1.54) is 16.5 Å². The minimum atomic E-state index is -0.207. The van der Waals surface area contributed by atoms with E-state index >= 15 is 0 Å². The number of fused-ring (bicyclic) bond motifs is 1. The third kappa shape index (κ3) is 3.79. The Morgan fingerprint density at radius 2 is 2.17 bits per heavy atom. The van der Waals surface area contributed by atoms with E-state index < -0.39 is 0 Å². The molecule has 1 amide bonds. The molecular weight excluding hydrogens is 302 g/mol. The number of nitrogens with one attached hydrogen (secondary N) is 2. The summed E-state index contributed by atoms with van der Waals surface area (Å²) in [7, 11) is 0. The number of nitrogens with zero attached hydrogens (tertiary/aromatic N) is 1. The lowest BCUT2D eigenvalue weighted by Crippen LogP contribution is -2.49. The summed E-state index contributed by atoms with van der Waals surface area (Å²) in [4.78, 5) is 17.8. The lowest BCUT2D eigenvalue weighted by Gasteiger charge is -2.33. The molecule has 1 aliphatic rings. The maximum absolute atomic E-state index is 12.3. The molecule has 2 aromatic rings. The van der Waals surface area contributed by atoms with Crippen molar-refractivity contribution in [2.75, 3.05) is 19.6 Å². The van der Waals surface area contributed by atoms with Gasteiger partial charge >= 0.3 is 0 Å². The summed E-state index contributed by atoms with van der Waals surface area (Å²) >= 11 is 0. The molecule has 5 heteroatoms. The summed E-state index contributed by atoms with van der Waals surface area (Å²) in [5, 5.41) is 13.9. The lowest BCUT2D eigenvalue weighted by molar-refractivity contribution is -0.126. The van der Waals surface area contributed by atoms with Gasteiger partial charge in [-0.1, -0.05) is 11.6 Å². The summed E-state index contributed by atoms with van der Waals surface area (Å²) in [5.41, 5.74) is 3.62. The number of rotatable bonds is 5. The fourth-order valence-electron chi connectivity index (χ4n) is 3.41. The van der Waals surface area contributed by atoms with Crippen LogP contribution in [0.3, 0.4) is 0 Å². The SMILES string of the molecule is Cc1ccc2[nH]cc(CCNC(=O)C(C)N3CCC(O)CC3)c2c1. The van der Waals surface area contributed by atoms with Crippen molar-refractivity contribution in [2.24, 2.45) is 0 Å². The molecule has 3 N–H and O–H groups in total. The molecule has 0 radical (unpaired) electrons. The van der Waals surface area contributed by atoms with E-state index in [0.29, 0.717) is 6.54 Å². The van der Waals surface area contributed by atoms with Crippen LogP contribution in [-0.2, 0) is 11.2 Å². The Morgan fingerprint density at radius 3 is 2.92 bits per heavy atom. The highest BCUT2D eigenvalue weighted by atomic mass is 16.3. The number of carbonyl (C=O) groups is 1. The van der Waals surface area contributed by atoms with Gasteiger partial charge in [-0.2, -0.15) is 0 Å². The van der Waals surface area contributed by atoms with Gasteiger partial charge in [0.2, 0.25) is 5.91 Å². The first-order valence-electron chi connectivity index (χ1n) is 8.81. The molecule has 1 fully saturated rings. The molecule has 0 bridgehead atoms. The second-order valence-corrected chi connectivity index (χ2v) is 6.85. The molecular formula is C19H27N3O2. The van der Waals surface area contributed by atoms with E-state index in [1.807, 2.05) is 13.1 Å². The molecule has 130 valence electrons. The normalized spacial score (nSPS) is 18.0. The Labute approximate surface area is 143 Å². The van der Waals surface area contributed by atoms with Gasteiger partial charge in [-0.15, -0.1) is 0 Å². The van der Waals surface area contributed by atoms with Gasteiger partial charge in [0, 0.05) is 36.7 Å². The molecule has 1 unspecified atom stereocenters. The molecule has 0 saturated carbocycles. The number of likely N-dealkylation sites (tertiary alicyclic amines) is 1. The Bertz CT molecular complexity index is 702. The Kier molecular flexibility index (Phi) is 5.21. The zero-order valence-corrected chi connectivity index (χ0v) is 14.5. The number of aliphatic hydroxyl groups is 1. The highest BCUT2D eigenvalue weighted by Gasteiger charge is 2.25. The number of carbonyl (C=O) groups excluding carboxylic acids is 1. The second-order valence-electron chi connectivity index (χ2n) is 6.85. The van der Waals surface area contributed by atoms with Gasteiger partial charge in [0.05, 0.1) is 12.1 Å². The average molecular weight is 329 g/mol. The third-order valence-electron chi connectivity index (χ3n) is 5.04. The molecule has 0 aliphatic carbocycles. The number of aromatic amines is 1. The van der Waals surface area contributed by atoms with E-state index in [0.717, 1.165) is 37.9 Å². The number of aryl methyl sites for hydroxylation is 1. The van der Waals surface area contributed by atoms with Gasteiger partial charge in [0.25, 0.3) is 0 Å². The number of hydrogen-bond acceptors (Lipinski definition) is 3. The molecule has 24 heavy (non-hydrogen) atoms. The van der Waals surface area contributed by atoms with Crippen molar-refractivity contribution in [3.63, 3.8) is 0 Å². The molecule has 1 atom stereocenters. The predicted octanol–water partition coefficient (Wildman–Crippen LogP) is 1.98. The monoisotopic (exact) mass is 329 g/mol. The van der Waals surface area contributed by atoms with Crippen molar-refractivity contribution < 1.29 is 9.90 Å². The van der Waals surface area contributed by atoms with Crippen molar-refractivity contribution in [2.45, 2.75) is 45.3 Å². The van der Waals surface area contributed by atoms with Crippen LogP contribution in [0.15, 0.2) is 24.4 Å². The molecule has 2 heterocycles. The van der Waals surface area contributed by atoms with Crippen LogP contribution < -0.4 is 5.32 Å². The van der Waals surface area contributed by atoms with E-state index in [1.54, 1.807) is 0 Å². The summed E-state index contributed by atoms with van der Waals surface area (Å²) < 4.78 is 0. The van der Waals surface area contributed by atoms with Crippen LogP contribution in [0.5, 0.6) is 0 Å². The Balaban J connectivity index is 1.51. The third-order valence-corrected chi connectivity index (χ3v) is 5.04. The summed E-state index contributed by atoms with van der Waals surface area (Å²) in [6, 6.07) is 6.24. The van der Waals surface area contributed by atoms with E-state index in [2.05, 4.69) is 40.3 Å². The molecule has 1 aromatic heterocycles. The average Bonchev–Trinajstić information content (AvgIpc) is 2.97. The highest BCUT2D eigenvalue weighted by molar-refractivity contribution is 5.84. The number of piperidine rings is 1. The fraction of sp³-hybridized carbons (Fsp3) is 0.526. The van der Waals surface area contributed by atoms with Crippen LogP contribution in [0.2, 0.25) is 0 Å². The van der Waals surface area contributed by atoms with Crippen LogP contribution in [0, 0.1) is 6.92 Å². The van der Waals surface area contributed by atoms with Crippen LogP contribution >= 0.6 is 0 Å². The topological polar surface area (TPSA) is 68.4 Å². The molecule has 0 spiro atoms. The number of benzene rings is 1. The summed E-state index contributed by atoms with van der Waals surface area (Å²) in [5.74, 6) is 0.0717. The standard InChI is InChI=1S/C19H27N3O2/c1-13-3-4-18-17(11-13)15(12-21-18)5-8-20-19(24)14(2)22-9-6-16(23)7-10-22/h3-4,11-12,14,16,21,23H,5-10H2,1-2H3,(H,20,24). The van der Waals surface area contributed by atoms with Gasteiger partial charge in [0.1, 0.15) is 0 Å². The van der Waals surface area contributed by atoms with Gasteiger partial charge in [-0.3, -0.25) is 9.69 Å². The van der Waals surface area contributed by atoms with Crippen molar-refractivity contribution in [3.8, 4) is 0 Å². The first-order chi connectivity index (χ1) is 11.5. The highest BCUT2D eigenvalue weighted by Crippen LogP contribution is 2.20. The van der Waals surface area contributed by atoms with Gasteiger partial charge in [-0.25, -0.2) is 0 Å².